The first-order valence-corrected chi connectivity index (χ1v) is 10.7. The number of carbonyl (C=O) groups is 2. The minimum atomic E-state index is -0.101. The van der Waals surface area contributed by atoms with E-state index < -0.39 is 0 Å². The predicted molar refractivity (Wildman–Crippen MR) is 115 cm³/mol. The number of aromatic nitrogens is 1. The monoisotopic (exact) mass is 433 g/mol. The van der Waals surface area contributed by atoms with Gasteiger partial charge in [-0.15, -0.1) is 0 Å². The predicted octanol–water partition coefficient (Wildman–Crippen LogP) is 4.71. The highest BCUT2D eigenvalue weighted by Crippen LogP contribution is 2.24. The summed E-state index contributed by atoms with van der Waals surface area (Å²) < 4.78 is 0. The summed E-state index contributed by atoms with van der Waals surface area (Å²) in [6, 6.07) is 11.0. The van der Waals surface area contributed by atoms with Gasteiger partial charge < -0.3 is 9.80 Å². The maximum absolute atomic E-state index is 13.2. The van der Waals surface area contributed by atoms with Gasteiger partial charge in [-0.25, -0.2) is 0 Å². The first-order chi connectivity index (χ1) is 14.0. The Balaban J connectivity index is 1.76. The van der Waals surface area contributed by atoms with Gasteiger partial charge in [-0.05, 0) is 42.7 Å². The number of halogens is 2. The fourth-order valence-corrected chi connectivity index (χ4v) is 3.74. The van der Waals surface area contributed by atoms with E-state index in [1.165, 1.54) is 0 Å². The van der Waals surface area contributed by atoms with Crippen molar-refractivity contribution in [3.8, 4) is 0 Å². The number of nitrogens with zero attached hydrogens (tertiary/aromatic N) is 3. The van der Waals surface area contributed by atoms with Crippen LogP contribution < -0.4 is 0 Å². The van der Waals surface area contributed by atoms with Crippen molar-refractivity contribution in [3.63, 3.8) is 0 Å². The van der Waals surface area contributed by atoms with Gasteiger partial charge in [0, 0.05) is 25.7 Å². The Hall–Kier alpha value is -2.11. The third-order valence-corrected chi connectivity index (χ3v) is 5.78. The Morgan fingerprint density at radius 2 is 1.86 bits per heavy atom. The molecule has 2 amide bonds. The molecule has 1 saturated heterocycles. The molecule has 7 heteroatoms. The lowest BCUT2D eigenvalue weighted by atomic mass is 10.1. The molecule has 2 aromatic rings. The van der Waals surface area contributed by atoms with Crippen LogP contribution in [0.4, 0.5) is 0 Å². The third kappa shape index (κ3) is 6.44. The summed E-state index contributed by atoms with van der Waals surface area (Å²) in [5, 5.41) is 0.928. The van der Waals surface area contributed by atoms with E-state index >= 15 is 0 Å². The summed E-state index contributed by atoms with van der Waals surface area (Å²) in [4.78, 5) is 33.3. The van der Waals surface area contributed by atoms with Gasteiger partial charge >= 0.3 is 0 Å². The Kier molecular flexibility index (Phi) is 7.90. The summed E-state index contributed by atoms with van der Waals surface area (Å²) in [7, 11) is 0. The van der Waals surface area contributed by atoms with Gasteiger partial charge in [0.05, 0.1) is 28.8 Å². The van der Waals surface area contributed by atoms with Crippen molar-refractivity contribution in [1.82, 2.24) is 14.8 Å². The van der Waals surface area contributed by atoms with Crippen molar-refractivity contribution in [2.75, 3.05) is 13.1 Å². The highest BCUT2D eigenvalue weighted by atomic mass is 35.5. The zero-order valence-electron chi connectivity index (χ0n) is 16.3. The smallest absolute Gasteiger partial charge is 0.242 e. The molecule has 1 aromatic heterocycles. The van der Waals surface area contributed by atoms with Crippen LogP contribution in [0, 0.1) is 0 Å². The molecule has 0 radical (unpaired) electrons. The molecule has 29 heavy (non-hydrogen) atoms. The zero-order valence-corrected chi connectivity index (χ0v) is 17.8. The number of likely N-dealkylation sites (tertiary alicyclic amines) is 1. The Bertz CT molecular complexity index is 845. The van der Waals surface area contributed by atoms with E-state index in [9.17, 15) is 9.59 Å². The van der Waals surface area contributed by atoms with Crippen LogP contribution in [0.1, 0.15) is 43.4 Å². The standard InChI is InChI=1S/C22H25Cl2N3O2/c23-19-10-9-17(13-20(19)24)14-27(15-18-7-4-5-11-25-18)22(29)16-26-12-6-2-1-3-8-21(26)28/h4-5,7,9-11,13H,1-3,6,8,12,14-16H2. The molecule has 0 unspecified atom stereocenters. The third-order valence-electron chi connectivity index (χ3n) is 5.04. The Morgan fingerprint density at radius 3 is 2.62 bits per heavy atom. The Morgan fingerprint density at radius 1 is 1.03 bits per heavy atom. The minimum Gasteiger partial charge on any atom is -0.333 e. The van der Waals surface area contributed by atoms with Crippen LogP contribution in [0.15, 0.2) is 42.6 Å². The van der Waals surface area contributed by atoms with E-state index in [1.54, 1.807) is 28.1 Å². The molecule has 3 rings (SSSR count). The molecular formula is C22H25Cl2N3O2. The number of hydrogen-bond donors (Lipinski definition) is 0. The summed E-state index contributed by atoms with van der Waals surface area (Å²) in [6.45, 7) is 1.46. The molecule has 0 atom stereocenters. The summed E-state index contributed by atoms with van der Waals surface area (Å²) >= 11 is 12.2. The summed E-state index contributed by atoms with van der Waals surface area (Å²) in [5.41, 5.74) is 1.67. The molecule has 1 fully saturated rings. The quantitative estimate of drug-likeness (QED) is 0.662. The van der Waals surface area contributed by atoms with Gasteiger partial charge in [0.1, 0.15) is 0 Å². The number of benzene rings is 1. The second kappa shape index (κ2) is 10.6. The van der Waals surface area contributed by atoms with Gasteiger partial charge in [-0.3, -0.25) is 14.6 Å². The highest BCUT2D eigenvalue weighted by molar-refractivity contribution is 6.42. The van der Waals surface area contributed by atoms with E-state index in [0.29, 0.717) is 36.1 Å². The van der Waals surface area contributed by atoms with Crippen molar-refractivity contribution >= 4 is 35.0 Å². The van der Waals surface area contributed by atoms with Gasteiger partial charge in [-0.1, -0.05) is 48.2 Å². The van der Waals surface area contributed by atoms with Crippen molar-refractivity contribution in [1.29, 1.82) is 0 Å². The molecule has 0 spiro atoms. The molecule has 0 saturated carbocycles. The minimum absolute atomic E-state index is 0.0605. The fourth-order valence-electron chi connectivity index (χ4n) is 3.42. The van der Waals surface area contributed by atoms with Gasteiger partial charge in [0.2, 0.25) is 11.8 Å². The van der Waals surface area contributed by atoms with Gasteiger partial charge in [0.15, 0.2) is 0 Å². The molecule has 0 N–H and O–H groups in total. The van der Waals surface area contributed by atoms with Crippen LogP contribution >= 0.6 is 23.2 Å². The number of amides is 2. The summed E-state index contributed by atoms with van der Waals surface area (Å²) in [6.07, 6.45) is 6.23. The number of pyridine rings is 1. The van der Waals surface area contributed by atoms with Gasteiger partial charge in [0.25, 0.3) is 0 Å². The van der Waals surface area contributed by atoms with E-state index in [1.807, 2.05) is 24.3 Å². The van der Waals surface area contributed by atoms with E-state index in [-0.39, 0.29) is 18.4 Å². The molecule has 0 aliphatic carbocycles. The lowest BCUT2D eigenvalue weighted by Gasteiger charge is -2.29. The highest BCUT2D eigenvalue weighted by Gasteiger charge is 2.23. The average molecular weight is 434 g/mol. The molecule has 0 bridgehead atoms. The molecule has 2 heterocycles. The topological polar surface area (TPSA) is 53.5 Å². The van der Waals surface area contributed by atoms with Crippen molar-refractivity contribution in [3.05, 3.63) is 63.9 Å². The van der Waals surface area contributed by atoms with Crippen LogP contribution in [0.5, 0.6) is 0 Å². The second-order valence-electron chi connectivity index (χ2n) is 7.30. The number of rotatable bonds is 6. The van der Waals surface area contributed by atoms with E-state index in [0.717, 1.165) is 36.9 Å². The summed E-state index contributed by atoms with van der Waals surface area (Å²) in [5.74, 6) is -0.0407. The molecule has 5 nitrogen and oxygen atoms in total. The second-order valence-corrected chi connectivity index (χ2v) is 8.11. The molecule has 1 aliphatic rings. The lowest BCUT2D eigenvalue weighted by Crippen LogP contribution is -2.43. The fraction of sp³-hybridized carbons (Fsp3) is 0.409. The largest absolute Gasteiger partial charge is 0.333 e. The molecular weight excluding hydrogens is 409 g/mol. The lowest BCUT2D eigenvalue weighted by molar-refractivity contribution is -0.141. The van der Waals surface area contributed by atoms with Crippen LogP contribution in [-0.2, 0) is 22.7 Å². The van der Waals surface area contributed by atoms with Crippen LogP contribution in [0.2, 0.25) is 10.0 Å². The van der Waals surface area contributed by atoms with E-state index in [2.05, 4.69) is 4.98 Å². The SMILES string of the molecule is O=C1CCCCCCN1CC(=O)N(Cc1ccc(Cl)c(Cl)c1)Cc1ccccn1. The molecule has 1 aliphatic heterocycles. The maximum atomic E-state index is 13.2. The maximum Gasteiger partial charge on any atom is 0.242 e. The van der Waals surface area contributed by atoms with Crippen molar-refractivity contribution in [2.24, 2.45) is 0 Å². The molecule has 1 aromatic carbocycles. The van der Waals surface area contributed by atoms with Crippen molar-refractivity contribution in [2.45, 2.75) is 45.2 Å². The first-order valence-electron chi connectivity index (χ1n) is 9.92. The first kappa shape index (κ1) is 21.6. The van der Waals surface area contributed by atoms with E-state index in [4.69, 9.17) is 23.2 Å². The van der Waals surface area contributed by atoms with Crippen molar-refractivity contribution < 1.29 is 9.59 Å². The Labute approximate surface area is 181 Å². The number of carbonyl (C=O) groups excluding carboxylic acids is 2. The normalized spacial score (nSPS) is 15.0. The average Bonchev–Trinajstić information content (AvgIpc) is 2.70. The molecule has 154 valence electrons. The van der Waals surface area contributed by atoms with Crippen LogP contribution in [0.25, 0.3) is 0 Å². The zero-order chi connectivity index (χ0) is 20.6. The van der Waals surface area contributed by atoms with Gasteiger partial charge in [-0.2, -0.15) is 0 Å². The number of hydrogen-bond acceptors (Lipinski definition) is 3. The van der Waals surface area contributed by atoms with Crippen LogP contribution in [-0.4, -0.2) is 39.7 Å². The van der Waals surface area contributed by atoms with Crippen LogP contribution in [0.3, 0.4) is 0 Å².